The molecule has 1 fully saturated rings. The summed E-state index contributed by atoms with van der Waals surface area (Å²) >= 11 is 0. The molecule has 1 N–H and O–H groups in total. The summed E-state index contributed by atoms with van der Waals surface area (Å²) in [6, 6.07) is 4.24. The van der Waals surface area contributed by atoms with Crippen LogP contribution in [0.2, 0.25) is 0 Å². The Morgan fingerprint density at radius 2 is 2.06 bits per heavy atom. The molecule has 1 aromatic rings. The predicted octanol–water partition coefficient (Wildman–Crippen LogP) is 2.01. The van der Waals surface area contributed by atoms with Gasteiger partial charge in [0.15, 0.2) is 0 Å². The van der Waals surface area contributed by atoms with Gasteiger partial charge in [-0.05, 0) is 42.7 Å². The van der Waals surface area contributed by atoms with Gasteiger partial charge in [-0.15, -0.1) is 0 Å². The monoisotopic (exact) mass is 234 g/mol. The smallest absolute Gasteiger partial charge is 0.317 e. The number of benzene rings is 1. The molecular weight excluding hydrogens is 216 g/mol. The van der Waals surface area contributed by atoms with E-state index in [2.05, 4.69) is 11.4 Å². The van der Waals surface area contributed by atoms with Crippen molar-refractivity contribution in [3.05, 3.63) is 28.8 Å². The van der Waals surface area contributed by atoms with Crippen LogP contribution >= 0.6 is 0 Å². The van der Waals surface area contributed by atoms with E-state index >= 15 is 0 Å². The van der Waals surface area contributed by atoms with Crippen LogP contribution in [-0.2, 0) is 0 Å². The Kier molecular flexibility index (Phi) is 2.96. The Hall–Kier alpha value is -1.71. The van der Waals surface area contributed by atoms with E-state index in [9.17, 15) is 4.79 Å². The van der Waals surface area contributed by atoms with E-state index in [1.165, 1.54) is 5.56 Å². The van der Waals surface area contributed by atoms with E-state index in [0.717, 1.165) is 16.9 Å². The van der Waals surface area contributed by atoms with Crippen LogP contribution in [0, 0.1) is 13.8 Å². The fourth-order valence-corrected chi connectivity index (χ4v) is 2.30. The number of methoxy groups -OCH3 is 1. The summed E-state index contributed by atoms with van der Waals surface area (Å²) in [5.74, 6) is 0.895. The number of carbonyl (C=O) groups is 1. The number of ether oxygens (including phenoxy) is 1. The summed E-state index contributed by atoms with van der Waals surface area (Å²) in [6.45, 7) is 4.74. The maximum Gasteiger partial charge on any atom is 0.317 e. The van der Waals surface area contributed by atoms with Crippen molar-refractivity contribution >= 4 is 6.03 Å². The lowest BCUT2D eigenvalue weighted by molar-refractivity contribution is 0.216. The van der Waals surface area contributed by atoms with Crippen LogP contribution in [0.5, 0.6) is 5.75 Å². The Bertz CT molecular complexity index is 457. The molecule has 0 radical (unpaired) electrons. The molecule has 0 bridgehead atoms. The predicted molar refractivity (Wildman–Crippen MR) is 66.4 cm³/mol. The van der Waals surface area contributed by atoms with E-state index in [4.69, 9.17) is 4.74 Å². The summed E-state index contributed by atoms with van der Waals surface area (Å²) in [5.41, 5.74) is 3.44. The molecule has 1 aromatic carbocycles. The zero-order chi connectivity index (χ0) is 12.6. The summed E-state index contributed by atoms with van der Waals surface area (Å²) in [5, 5.41) is 2.85. The number of aryl methyl sites for hydroxylation is 2. The highest BCUT2D eigenvalue weighted by atomic mass is 16.5. The molecule has 0 aliphatic carbocycles. The Labute approximate surface area is 102 Å². The summed E-state index contributed by atoms with van der Waals surface area (Å²) in [7, 11) is 3.50. The number of rotatable bonds is 2. The third-order valence-corrected chi connectivity index (χ3v) is 3.38. The van der Waals surface area contributed by atoms with Crippen LogP contribution in [0.3, 0.4) is 0 Å². The van der Waals surface area contributed by atoms with Crippen LogP contribution in [0.4, 0.5) is 4.79 Å². The molecule has 2 amide bonds. The minimum atomic E-state index is -0.0112. The molecule has 1 saturated heterocycles. The van der Waals surface area contributed by atoms with Crippen LogP contribution in [0.15, 0.2) is 12.1 Å². The van der Waals surface area contributed by atoms with Gasteiger partial charge in [0.1, 0.15) is 5.75 Å². The number of likely N-dealkylation sites (N-methyl/N-ethyl adjacent to an activating group) is 1. The first-order chi connectivity index (χ1) is 8.04. The zero-order valence-electron chi connectivity index (χ0n) is 10.7. The van der Waals surface area contributed by atoms with Gasteiger partial charge in [-0.3, -0.25) is 0 Å². The standard InChI is InChI=1S/C13H18N2O2/c1-8-6-12(17-4)9(2)5-10(8)11-7-14-13(16)15(11)3/h5-6,11H,7H2,1-4H3,(H,14,16). The summed E-state index contributed by atoms with van der Waals surface area (Å²) in [6.07, 6.45) is 0. The number of urea groups is 1. The van der Waals surface area contributed by atoms with Crippen molar-refractivity contribution in [1.29, 1.82) is 0 Å². The van der Waals surface area contributed by atoms with Gasteiger partial charge < -0.3 is 15.0 Å². The molecule has 4 heteroatoms. The van der Waals surface area contributed by atoms with Crippen molar-refractivity contribution in [3.8, 4) is 5.75 Å². The molecule has 0 saturated carbocycles. The summed E-state index contributed by atoms with van der Waals surface area (Å²) in [4.78, 5) is 13.2. The molecule has 4 nitrogen and oxygen atoms in total. The fraction of sp³-hybridized carbons (Fsp3) is 0.462. The highest BCUT2D eigenvalue weighted by Crippen LogP contribution is 2.30. The van der Waals surface area contributed by atoms with Crippen molar-refractivity contribution in [2.75, 3.05) is 20.7 Å². The molecular formula is C13H18N2O2. The highest BCUT2D eigenvalue weighted by molar-refractivity contribution is 5.77. The second-order valence-electron chi connectivity index (χ2n) is 4.49. The number of carbonyl (C=O) groups excluding carboxylic acids is 1. The first-order valence-corrected chi connectivity index (χ1v) is 5.70. The van der Waals surface area contributed by atoms with E-state index < -0.39 is 0 Å². The van der Waals surface area contributed by atoms with Gasteiger partial charge in [-0.25, -0.2) is 4.79 Å². The van der Waals surface area contributed by atoms with Gasteiger partial charge in [0.25, 0.3) is 0 Å². The quantitative estimate of drug-likeness (QED) is 0.850. The first kappa shape index (κ1) is 11.8. The fourth-order valence-electron chi connectivity index (χ4n) is 2.30. The van der Waals surface area contributed by atoms with Gasteiger partial charge in [0, 0.05) is 13.6 Å². The number of nitrogens with one attached hydrogen (secondary N) is 1. The Morgan fingerprint density at radius 1 is 1.35 bits per heavy atom. The normalized spacial score (nSPS) is 19.4. The molecule has 2 rings (SSSR count). The van der Waals surface area contributed by atoms with E-state index in [1.54, 1.807) is 12.0 Å². The molecule has 1 unspecified atom stereocenters. The first-order valence-electron chi connectivity index (χ1n) is 5.70. The van der Waals surface area contributed by atoms with Crippen molar-refractivity contribution in [2.45, 2.75) is 19.9 Å². The van der Waals surface area contributed by atoms with Crippen molar-refractivity contribution in [3.63, 3.8) is 0 Å². The lowest BCUT2D eigenvalue weighted by atomic mass is 9.98. The van der Waals surface area contributed by atoms with E-state index in [-0.39, 0.29) is 12.1 Å². The average Bonchev–Trinajstić information content (AvgIpc) is 2.63. The largest absolute Gasteiger partial charge is 0.496 e. The topological polar surface area (TPSA) is 41.6 Å². The zero-order valence-corrected chi connectivity index (χ0v) is 10.7. The Morgan fingerprint density at radius 3 is 2.59 bits per heavy atom. The third-order valence-electron chi connectivity index (χ3n) is 3.38. The van der Waals surface area contributed by atoms with Crippen molar-refractivity contribution in [2.24, 2.45) is 0 Å². The minimum Gasteiger partial charge on any atom is -0.496 e. The molecule has 17 heavy (non-hydrogen) atoms. The highest BCUT2D eigenvalue weighted by Gasteiger charge is 2.29. The second-order valence-corrected chi connectivity index (χ2v) is 4.49. The van der Waals surface area contributed by atoms with Gasteiger partial charge in [-0.1, -0.05) is 0 Å². The maximum atomic E-state index is 11.5. The number of hydrogen-bond donors (Lipinski definition) is 1. The lowest BCUT2D eigenvalue weighted by Gasteiger charge is -2.21. The third kappa shape index (κ3) is 1.95. The molecule has 1 aliphatic heterocycles. The molecule has 0 aromatic heterocycles. The number of hydrogen-bond acceptors (Lipinski definition) is 2. The summed E-state index contributed by atoms with van der Waals surface area (Å²) < 4.78 is 5.30. The van der Waals surface area contributed by atoms with Crippen LogP contribution < -0.4 is 10.1 Å². The maximum absolute atomic E-state index is 11.5. The van der Waals surface area contributed by atoms with Crippen molar-refractivity contribution in [1.82, 2.24) is 10.2 Å². The van der Waals surface area contributed by atoms with Crippen LogP contribution in [0.25, 0.3) is 0 Å². The van der Waals surface area contributed by atoms with Crippen LogP contribution in [0.1, 0.15) is 22.7 Å². The molecule has 1 aliphatic rings. The van der Waals surface area contributed by atoms with Gasteiger partial charge in [0.05, 0.1) is 13.2 Å². The lowest BCUT2D eigenvalue weighted by Crippen LogP contribution is -2.25. The SMILES string of the molecule is COc1cc(C)c(C2CNC(=O)N2C)cc1C. The molecule has 0 spiro atoms. The molecule has 92 valence electrons. The Balaban J connectivity index is 2.39. The van der Waals surface area contributed by atoms with E-state index in [0.29, 0.717) is 6.54 Å². The van der Waals surface area contributed by atoms with Gasteiger partial charge in [0.2, 0.25) is 0 Å². The minimum absolute atomic E-state index is 0.0112. The molecule has 1 heterocycles. The van der Waals surface area contributed by atoms with Gasteiger partial charge >= 0.3 is 6.03 Å². The van der Waals surface area contributed by atoms with E-state index in [1.807, 2.05) is 27.0 Å². The molecule has 1 atom stereocenters. The number of amides is 2. The van der Waals surface area contributed by atoms with Crippen molar-refractivity contribution < 1.29 is 9.53 Å². The number of nitrogens with zero attached hydrogens (tertiary/aromatic N) is 1. The average molecular weight is 234 g/mol. The second kappa shape index (κ2) is 4.28. The van der Waals surface area contributed by atoms with Crippen LogP contribution in [-0.4, -0.2) is 31.6 Å². The van der Waals surface area contributed by atoms with Gasteiger partial charge in [-0.2, -0.15) is 0 Å².